The van der Waals surface area contributed by atoms with Gasteiger partial charge in [-0.2, -0.15) is 0 Å². The Hall–Kier alpha value is -3.92. The van der Waals surface area contributed by atoms with E-state index in [1.807, 2.05) is 41.8 Å². The van der Waals surface area contributed by atoms with Crippen LogP contribution in [0.15, 0.2) is 65.5 Å². The number of amides is 1. The number of hydrogen-bond acceptors (Lipinski definition) is 8. The minimum atomic E-state index is -0.109. The third-order valence-corrected chi connectivity index (χ3v) is 10.3. The number of carbonyl (C=O) groups is 1. The van der Waals surface area contributed by atoms with Gasteiger partial charge in [-0.1, -0.05) is 37.5 Å². The van der Waals surface area contributed by atoms with E-state index >= 15 is 0 Å². The Morgan fingerprint density at radius 2 is 1.65 bits per heavy atom. The van der Waals surface area contributed by atoms with Gasteiger partial charge >= 0.3 is 0 Å². The highest BCUT2D eigenvalue weighted by molar-refractivity contribution is 7.07. The van der Waals surface area contributed by atoms with E-state index in [1.54, 1.807) is 24.0 Å². The highest BCUT2D eigenvalue weighted by Gasteiger charge is 2.23. The van der Waals surface area contributed by atoms with Gasteiger partial charge in [-0.15, -0.1) is 11.3 Å². The second-order valence-electron chi connectivity index (χ2n) is 12.7. The number of nitrogens with zero attached hydrogens (tertiary/aromatic N) is 3. The fraction of sp³-hybridized carbons (Fsp3) is 0.405. The SMILES string of the molecule is COc1cc(-c2ccc3c(c2)Nc2ccc(CCN4CCN(CC5CCCCC5)CC4)cc2NC3=O)ccc1OCc1cscn1. The highest BCUT2D eigenvalue weighted by Crippen LogP contribution is 2.38. The first-order valence-corrected chi connectivity index (χ1v) is 17.5. The molecule has 1 aromatic heterocycles. The minimum absolute atomic E-state index is 0.109. The lowest BCUT2D eigenvalue weighted by Crippen LogP contribution is -2.48. The number of aromatic nitrogens is 1. The van der Waals surface area contributed by atoms with E-state index in [9.17, 15) is 4.79 Å². The quantitative estimate of drug-likeness (QED) is 0.187. The van der Waals surface area contributed by atoms with E-state index < -0.39 is 0 Å². The zero-order chi connectivity index (χ0) is 31.3. The van der Waals surface area contributed by atoms with E-state index in [0.717, 1.165) is 65.9 Å². The van der Waals surface area contributed by atoms with Gasteiger partial charge in [0.1, 0.15) is 6.61 Å². The second-order valence-corrected chi connectivity index (χ2v) is 13.5. The summed E-state index contributed by atoms with van der Waals surface area (Å²) in [6.45, 7) is 7.36. The van der Waals surface area contributed by atoms with Gasteiger partial charge < -0.3 is 29.9 Å². The van der Waals surface area contributed by atoms with Gasteiger partial charge in [-0.05, 0) is 78.3 Å². The average molecular weight is 638 g/mol. The van der Waals surface area contributed by atoms with E-state index in [1.165, 1.54) is 57.3 Å². The molecule has 2 N–H and O–H groups in total. The summed E-state index contributed by atoms with van der Waals surface area (Å²) < 4.78 is 11.6. The zero-order valence-corrected chi connectivity index (χ0v) is 27.4. The molecule has 0 radical (unpaired) electrons. The van der Waals surface area contributed by atoms with E-state index in [2.05, 4.69) is 43.6 Å². The second kappa shape index (κ2) is 14.2. The third kappa shape index (κ3) is 7.22. The summed E-state index contributed by atoms with van der Waals surface area (Å²) in [5.41, 5.74) is 8.97. The minimum Gasteiger partial charge on any atom is -0.493 e. The normalized spacial score (nSPS) is 17.4. The molecular weight excluding hydrogens is 595 g/mol. The summed E-state index contributed by atoms with van der Waals surface area (Å²) in [5.74, 6) is 2.11. The van der Waals surface area contributed by atoms with Crippen molar-refractivity contribution in [3.63, 3.8) is 0 Å². The van der Waals surface area contributed by atoms with Crippen LogP contribution < -0.4 is 20.1 Å². The molecule has 3 aromatic carbocycles. The number of ether oxygens (including phenoxy) is 2. The van der Waals surface area contributed by atoms with Crippen LogP contribution in [0.5, 0.6) is 11.5 Å². The molecule has 0 bridgehead atoms. The topological polar surface area (TPSA) is 79.0 Å². The maximum Gasteiger partial charge on any atom is 0.257 e. The van der Waals surface area contributed by atoms with Gasteiger partial charge in [0.2, 0.25) is 0 Å². The summed E-state index contributed by atoms with van der Waals surface area (Å²) in [7, 11) is 1.64. The van der Waals surface area contributed by atoms with E-state index in [-0.39, 0.29) is 5.91 Å². The molecule has 1 saturated heterocycles. The van der Waals surface area contributed by atoms with Gasteiger partial charge in [0, 0.05) is 44.6 Å². The number of anilines is 3. The average Bonchev–Trinajstić information content (AvgIpc) is 3.57. The Kier molecular flexibility index (Phi) is 9.51. The van der Waals surface area contributed by atoms with Gasteiger partial charge in [-0.25, -0.2) is 4.98 Å². The molecule has 4 aromatic rings. The maximum absolute atomic E-state index is 13.3. The highest BCUT2D eigenvalue weighted by atomic mass is 32.1. The Bertz CT molecular complexity index is 1640. The number of methoxy groups -OCH3 is 1. The number of piperazine rings is 1. The number of nitrogens with one attached hydrogen (secondary N) is 2. The van der Waals surface area contributed by atoms with Crippen LogP contribution in [0, 0.1) is 5.92 Å². The third-order valence-electron chi connectivity index (χ3n) is 9.64. The van der Waals surface area contributed by atoms with Crippen LogP contribution in [0.25, 0.3) is 11.1 Å². The standard InChI is InChI=1S/C37H43N5O3S/c1-44-36-21-29(9-12-35(36)45-23-30-24-46-25-38-30)28-8-10-31-33(20-28)39-32-11-7-26(19-34(32)40-37(31)43)13-14-41-15-17-42(18-16-41)22-27-5-3-2-4-6-27/h7-12,19-21,24-25,27,39H,2-6,13-18,22-23H2,1H3,(H,40,43). The Labute approximate surface area is 275 Å². The number of rotatable bonds is 10. The molecule has 3 heterocycles. The molecule has 8 nitrogen and oxygen atoms in total. The summed E-state index contributed by atoms with van der Waals surface area (Å²) in [6, 6.07) is 18.2. The molecular formula is C37H43N5O3S. The molecule has 0 spiro atoms. The first kappa shape index (κ1) is 30.7. The predicted octanol–water partition coefficient (Wildman–Crippen LogP) is 7.45. The molecule has 9 heteroatoms. The van der Waals surface area contributed by atoms with Crippen molar-refractivity contribution < 1.29 is 14.3 Å². The maximum atomic E-state index is 13.3. The molecule has 2 fully saturated rings. The van der Waals surface area contributed by atoms with Gasteiger partial charge in [-0.3, -0.25) is 4.79 Å². The van der Waals surface area contributed by atoms with Crippen molar-refractivity contribution in [2.45, 2.75) is 45.1 Å². The molecule has 0 unspecified atom stereocenters. The smallest absolute Gasteiger partial charge is 0.257 e. The van der Waals surface area contributed by atoms with Gasteiger partial charge in [0.15, 0.2) is 11.5 Å². The summed E-state index contributed by atoms with van der Waals surface area (Å²) in [4.78, 5) is 22.9. The van der Waals surface area contributed by atoms with Crippen molar-refractivity contribution in [2.24, 2.45) is 5.92 Å². The van der Waals surface area contributed by atoms with Crippen molar-refractivity contribution in [1.29, 1.82) is 0 Å². The van der Waals surface area contributed by atoms with Gasteiger partial charge in [0.05, 0.1) is 40.9 Å². The van der Waals surface area contributed by atoms with Crippen molar-refractivity contribution in [3.8, 4) is 22.6 Å². The zero-order valence-electron chi connectivity index (χ0n) is 26.6. The molecule has 1 amide bonds. The molecule has 46 heavy (non-hydrogen) atoms. The summed E-state index contributed by atoms with van der Waals surface area (Å²) >= 11 is 1.55. The Morgan fingerprint density at radius 1 is 0.848 bits per heavy atom. The molecule has 1 saturated carbocycles. The van der Waals surface area contributed by atoms with Crippen LogP contribution in [-0.2, 0) is 13.0 Å². The molecule has 3 aliphatic rings. The van der Waals surface area contributed by atoms with E-state index in [0.29, 0.717) is 23.7 Å². The Balaban J connectivity index is 0.984. The van der Waals surface area contributed by atoms with Crippen LogP contribution in [0.3, 0.4) is 0 Å². The van der Waals surface area contributed by atoms with Gasteiger partial charge in [0.25, 0.3) is 5.91 Å². The molecule has 7 rings (SSSR count). The number of thiazole rings is 1. The van der Waals surface area contributed by atoms with Crippen LogP contribution >= 0.6 is 11.3 Å². The first-order chi connectivity index (χ1) is 22.6. The summed E-state index contributed by atoms with van der Waals surface area (Å²) in [6.07, 6.45) is 8.08. The summed E-state index contributed by atoms with van der Waals surface area (Å²) in [5, 5.41) is 8.65. The van der Waals surface area contributed by atoms with Crippen molar-refractivity contribution in [2.75, 3.05) is 57.0 Å². The number of fused-ring (bicyclic) bond motifs is 2. The predicted molar refractivity (Wildman–Crippen MR) is 186 cm³/mol. The lowest BCUT2D eigenvalue weighted by Gasteiger charge is -2.37. The van der Waals surface area contributed by atoms with Crippen molar-refractivity contribution in [3.05, 3.63) is 82.3 Å². The number of hydrogen-bond donors (Lipinski definition) is 2. The van der Waals surface area contributed by atoms with Crippen LogP contribution in [0.1, 0.15) is 53.7 Å². The van der Waals surface area contributed by atoms with Crippen LogP contribution in [-0.4, -0.2) is 67.1 Å². The largest absolute Gasteiger partial charge is 0.493 e. The van der Waals surface area contributed by atoms with Crippen molar-refractivity contribution in [1.82, 2.24) is 14.8 Å². The number of benzene rings is 3. The fourth-order valence-electron chi connectivity index (χ4n) is 6.96. The van der Waals surface area contributed by atoms with Crippen LogP contribution in [0.2, 0.25) is 0 Å². The number of carbonyl (C=O) groups excluding carboxylic acids is 1. The van der Waals surface area contributed by atoms with Crippen molar-refractivity contribution >= 4 is 34.3 Å². The van der Waals surface area contributed by atoms with E-state index in [4.69, 9.17) is 9.47 Å². The molecule has 240 valence electrons. The first-order valence-electron chi connectivity index (χ1n) is 16.6. The van der Waals surface area contributed by atoms with Crippen LogP contribution in [0.4, 0.5) is 17.1 Å². The molecule has 1 aliphatic carbocycles. The fourth-order valence-corrected chi connectivity index (χ4v) is 7.51. The molecule has 0 atom stereocenters. The molecule has 2 aliphatic heterocycles. The lowest BCUT2D eigenvalue weighted by atomic mass is 9.89. The lowest BCUT2D eigenvalue weighted by molar-refractivity contribution is 0.102. The Morgan fingerprint density at radius 3 is 2.46 bits per heavy atom. The monoisotopic (exact) mass is 637 g/mol.